The van der Waals surface area contributed by atoms with Crippen molar-refractivity contribution in [2.75, 3.05) is 0 Å². The van der Waals surface area contributed by atoms with Crippen molar-refractivity contribution in [3.63, 3.8) is 0 Å². The molecule has 28 heavy (non-hydrogen) atoms. The lowest BCUT2D eigenvalue weighted by molar-refractivity contribution is -0.137. The summed E-state index contributed by atoms with van der Waals surface area (Å²) in [5, 5.41) is 0. The molecule has 3 heterocycles. The molecule has 0 atom stereocenters. The van der Waals surface area contributed by atoms with Crippen molar-refractivity contribution < 1.29 is 13.2 Å². The molecular weight excluding hydrogens is 371 g/mol. The minimum absolute atomic E-state index is 0.178. The molecular formula is C19H14F3N5O. The van der Waals surface area contributed by atoms with Gasteiger partial charge in [0.1, 0.15) is 0 Å². The topological polar surface area (TPSA) is 65.6 Å². The number of aromatic nitrogens is 5. The van der Waals surface area contributed by atoms with Crippen molar-refractivity contribution in [3.8, 4) is 11.1 Å². The Labute approximate surface area is 156 Å². The smallest absolute Gasteiger partial charge is 0.284 e. The van der Waals surface area contributed by atoms with Gasteiger partial charge >= 0.3 is 11.9 Å². The Hall–Kier alpha value is -3.49. The van der Waals surface area contributed by atoms with Crippen LogP contribution in [-0.4, -0.2) is 24.1 Å². The van der Waals surface area contributed by atoms with Crippen LogP contribution in [0.15, 0.2) is 59.9 Å². The first-order valence-corrected chi connectivity index (χ1v) is 8.32. The van der Waals surface area contributed by atoms with E-state index in [0.29, 0.717) is 28.0 Å². The van der Waals surface area contributed by atoms with Gasteiger partial charge in [0.05, 0.1) is 29.5 Å². The molecule has 0 aliphatic heterocycles. The predicted octanol–water partition coefficient (Wildman–Crippen LogP) is 3.26. The van der Waals surface area contributed by atoms with Gasteiger partial charge in [-0.1, -0.05) is 12.1 Å². The van der Waals surface area contributed by atoms with Gasteiger partial charge < -0.3 is 0 Å². The molecule has 0 aliphatic carbocycles. The predicted molar refractivity (Wildman–Crippen MR) is 96.5 cm³/mol. The molecule has 4 rings (SSSR count). The summed E-state index contributed by atoms with van der Waals surface area (Å²) in [5.41, 5.74) is 1.34. The van der Waals surface area contributed by atoms with E-state index in [1.807, 2.05) is 0 Å². The van der Waals surface area contributed by atoms with Crippen LogP contribution in [0.25, 0.3) is 22.3 Å². The highest BCUT2D eigenvalue weighted by molar-refractivity contribution is 5.79. The van der Waals surface area contributed by atoms with Crippen LogP contribution in [0.4, 0.5) is 13.2 Å². The molecule has 0 aliphatic rings. The Morgan fingerprint density at radius 1 is 1.04 bits per heavy atom. The number of fused-ring (bicyclic) bond motifs is 1. The number of benzene rings is 1. The summed E-state index contributed by atoms with van der Waals surface area (Å²) >= 11 is 0. The molecule has 0 fully saturated rings. The monoisotopic (exact) mass is 385 g/mol. The molecule has 142 valence electrons. The molecule has 4 aromatic rings. The highest BCUT2D eigenvalue weighted by Crippen LogP contribution is 2.32. The second kappa shape index (κ2) is 6.59. The van der Waals surface area contributed by atoms with Crippen molar-refractivity contribution in [1.29, 1.82) is 0 Å². The van der Waals surface area contributed by atoms with Crippen LogP contribution in [0.1, 0.15) is 11.3 Å². The Bertz CT molecular complexity index is 1210. The largest absolute Gasteiger partial charge is 0.416 e. The van der Waals surface area contributed by atoms with Gasteiger partial charge in [-0.3, -0.25) is 19.1 Å². The Morgan fingerprint density at radius 3 is 2.57 bits per heavy atom. The van der Waals surface area contributed by atoms with Gasteiger partial charge in [-0.25, -0.2) is 9.78 Å². The maximum Gasteiger partial charge on any atom is 0.416 e. The van der Waals surface area contributed by atoms with Crippen LogP contribution in [0.3, 0.4) is 0 Å². The molecule has 0 saturated carbocycles. The van der Waals surface area contributed by atoms with Gasteiger partial charge in [0.2, 0.25) is 0 Å². The lowest BCUT2D eigenvalue weighted by Gasteiger charge is -2.09. The number of hydrogen-bond acceptors (Lipinski definition) is 4. The van der Waals surface area contributed by atoms with Crippen LogP contribution in [-0.2, 0) is 19.8 Å². The third-order valence-corrected chi connectivity index (χ3v) is 4.43. The normalized spacial score (nSPS) is 11.9. The summed E-state index contributed by atoms with van der Waals surface area (Å²) in [5.74, 6) is 0. The van der Waals surface area contributed by atoms with E-state index in [-0.39, 0.29) is 12.2 Å². The number of imidazole rings is 1. The first-order valence-electron chi connectivity index (χ1n) is 8.32. The fourth-order valence-electron chi connectivity index (χ4n) is 3.04. The third kappa shape index (κ3) is 3.15. The summed E-state index contributed by atoms with van der Waals surface area (Å²) in [4.78, 5) is 25.1. The Morgan fingerprint density at radius 2 is 1.86 bits per heavy atom. The van der Waals surface area contributed by atoms with Crippen LogP contribution in [0.5, 0.6) is 0 Å². The number of halogens is 3. The van der Waals surface area contributed by atoms with Crippen LogP contribution < -0.4 is 5.69 Å². The molecule has 0 saturated heterocycles. The maximum absolute atomic E-state index is 13.0. The van der Waals surface area contributed by atoms with Gasteiger partial charge in [0, 0.05) is 31.2 Å². The van der Waals surface area contributed by atoms with Crippen LogP contribution >= 0.6 is 0 Å². The second-order valence-electron chi connectivity index (χ2n) is 6.27. The van der Waals surface area contributed by atoms with E-state index in [0.717, 1.165) is 12.1 Å². The summed E-state index contributed by atoms with van der Waals surface area (Å²) in [6, 6.07) is 6.67. The molecule has 0 bridgehead atoms. The zero-order chi connectivity index (χ0) is 19.9. The lowest BCUT2D eigenvalue weighted by atomic mass is 10.0. The number of hydrogen-bond donors (Lipinski definition) is 0. The Balaban J connectivity index is 1.85. The number of aryl methyl sites for hydroxylation is 1. The summed E-state index contributed by atoms with van der Waals surface area (Å²) < 4.78 is 41.9. The first kappa shape index (κ1) is 17.9. The van der Waals surface area contributed by atoms with Gasteiger partial charge in [0.15, 0.2) is 5.65 Å². The quantitative estimate of drug-likeness (QED) is 0.543. The van der Waals surface area contributed by atoms with Crippen LogP contribution in [0.2, 0.25) is 0 Å². The molecule has 9 heteroatoms. The van der Waals surface area contributed by atoms with Crippen molar-refractivity contribution in [2.45, 2.75) is 12.7 Å². The number of alkyl halides is 3. The van der Waals surface area contributed by atoms with E-state index in [1.165, 1.54) is 33.8 Å². The fourth-order valence-corrected chi connectivity index (χ4v) is 3.04. The van der Waals surface area contributed by atoms with E-state index in [9.17, 15) is 18.0 Å². The zero-order valence-corrected chi connectivity index (χ0v) is 14.7. The zero-order valence-electron chi connectivity index (χ0n) is 14.7. The van der Waals surface area contributed by atoms with E-state index in [2.05, 4.69) is 15.0 Å². The molecule has 0 radical (unpaired) electrons. The lowest BCUT2D eigenvalue weighted by Crippen LogP contribution is -2.23. The molecule has 1 aromatic carbocycles. The van der Waals surface area contributed by atoms with E-state index in [4.69, 9.17) is 0 Å². The van der Waals surface area contributed by atoms with Crippen molar-refractivity contribution in [1.82, 2.24) is 24.1 Å². The molecule has 0 spiro atoms. The second-order valence-corrected chi connectivity index (χ2v) is 6.27. The molecule has 6 nitrogen and oxygen atoms in total. The summed E-state index contributed by atoms with van der Waals surface area (Å²) in [6.07, 6.45) is 1.63. The highest BCUT2D eigenvalue weighted by Gasteiger charge is 2.30. The summed E-state index contributed by atoms with van der Waals surface area (Å²) in [7, 11) is 1.59. The van der Waals surface area contributed by atoms with Gasteiger partial charge in [-0.2, -0.15) is 13.2 Å². The Kier molecular flexibility index (Phi) is 4.21. The molecule has 0 N–H and O–H groups in total. The molecule has 3 aromatic heterocycles. The molecule has 0 amide bonds. The number of pyridine rings is 1. The highest BCUT2D eigenvalue weighted by atomic mass is 19.4. The SMILES string of the molecule is Cn1c(=O)n(Cc2cnccn2)c2cc(-c3cccc(C(F)(F)F)c3)cnc21. The third-order valence-electron chi connectivity index (χ3n) is 4.43. The fraction of sp³-hybridized carbons (Fsp3) is 0.158. The average Bonchev–Trinajstić information content (AvgIpc) is 2.93. The standard InChI is InChI=1S/C19H14F3N5O/c1-26-17-16(27(18(26)28)11-15-10-23-5-6-24-15)8-13(9-25-17)12-3-2-4-14(7-12)19(20,21)22/h2-10H,11H2,1H3. The van der Waals surface area contributed by atoms with E-state index < -0.39 is 11.7 Å². The average molecular weight is 385 g/mol. The number of nitrogens with zero attached hydrogens (tertiary/aromatic N) is 5. The summed E-state index contributed by atoms with van der Waals surface area (Å²) in [6.45, 7) is 0.178. The minimum atomic E-state index is -4.44. The van der Waals surface area contributed by atoms with Crippen molar-refractivity contribution in [3.05, 3.63) is 76.9 Å². The first-order chi connectivity index (χ1) is 13.3. The maximum atomic E-state index is 13.0. The van der Waals surface area contributed by atoms with E-state index >= 15 is 0 Å². The van der Waals surface area contributed by atoms with E-state index in [1.54, 1.807) is 25.4 Å². The van der Waals surface area contributed by atoms with Crippen molar-refractivity contribution in [2.24, 2.45) is 7.05 Å². The van der Waals surface area contributed by atoms with Crippen LogP contribution in [0, 0.1) is 0 Å². The molecule has 0 unspecified atom stereocenters. The van der Waals surface area contributed by atoms with Crippen molar-refractivity contribution >= 4 is 11.2 Å². The van der Waals surface area contributed by atoms with Gasteiger partial charge in [0.25, 0.3) is 0 Å². The number of rotatable bonds is 3. The van der Waals surface area contributed by atoms with Gasteiger partial charge in [-0.05, 0) is 23.8 Å². The minimum Gasteiger partial charge on any atom is -0.284 e. The van der Waals surface area contributed by atoms with Gasteiger partial charge in [-0.15, -0.1) is 0 Å².